The predicted molar refractivity (Wildman–Crippen MR) is 44.2 cm³/mol. The van der Waals surface area contributed by atoms with Crippen molar-refractivity contribution >= 4 is 0 Å². The second-order valence-corrected chi connectivity index (χ2v) is 3.13. The summed E-state index contributed by atoms with van der Waals surface area (Å²) in [5, 5.41) is 18.7. The van der Waals surface area contributed by atoms with Crippen LogP contribution < -0.4 is 0 Å². The minimum Gasteiger partial charge on any atom is -0.389 e. The standard InChI is InChI=1S/C9H16O2/c1-2-9(11)7-4-3-5-8(10)6-7/h6,8-11H,2-5H2,1H3. The van der Waals surface area contributed by atoms with Gasteiger partial charge in [-0.05, 0) is 31.3 Å². The van der Waals surface area contributed by atoms with E-state index in [4.69, 9.17) is 0 Å². The summed E-state index contributed by atoms with van der Waals surface area (Å²) in [6, 6.07) is 0. The van der Waals surface area contributed by atoms with E-state index in [2.05, 4.69) is 0 Å². The van der Waals surface area contributed by atoms with Crippen molar-refractivity contribution in [3.63, 3.8) is 0 Å². The maximum absolute atomic E-state index is 9.42. The third-order valence-corrected chi connectivity index (χ3v) is 2.19. The van der Waals surface area contributed by atoms with Gasteiger partial charge in [-0.15, -0.1) is 0 Å². The molecule has 0 bridgehead atoms. The van der Waals surface area contributed by atoms with Crippen LogP contribution in [0.2, 0.25) is 0 Å². The molecule has 0 radical (unpaired) electrons. The Kier molecular flexibility index (Phi) is 3.09. The normalized spacial score (nSPS) is 27.9. The summed E-state index contributed by atoms with van der Waals surface area (Å²) in [5.41, 5.74) is 1.02. The largest absolute Gasteiger partial charge is 0.389 e. The van der Waals surface area contributed by atoms with Gasteiger partial charge in [-0.25, -0.2) is 0 Å². The monoisotopic (exact) mass is 156 g/mol. The third kappa shape index (κ3) is 2.31. The molecule has 0 aromatic carbocycles. The Labute approximate surface area is 67.6 Å². The lowest BCUT2D eigenvalue weighted by atomic mass is 9.93. The van der Waals surface area contributed by atoms with Crippen molar-refractivity contribution in [2.45, 2.75) is 44.8 Å². The van der Waals surface area contributed by atoms with E-state index in [9.17, 15) is 10.2 Å². The molecule has 0 spiro atoms. The topological polar surface area (TPSA) is 40.5 Å². The van der Waals surface area contributed by atoms with Crippen molar-refractivity contribution in [3.05, 3.63) is 11.6 Å². The van der Waals surface area contributed by atoms with Gasteiger partial charge in [0.2, 0.25) is 0 Å². The lowest BCUT2D eigenvalue weighted by Crippen LogP contribution is -2.17. The average molecular weight is 156 g/mol. The molecule has 0 heterocycles. The minimum atomic E-state index is -0.329. The van der Waals surface area contributed by atoms with E-state index in [-0.39, 0.29) is 12.2 Å². The van der Waals surface area contributed by atoms with Gasteiger partial charge < -0.3 is 10.2 Å². The van der Waals surface area contributed by atoms with Gasteiger partial charge in [0.15, 0.2) is 0 Å². The molecule has 2 nitrogen and oxygen atoms in total. The first-order valence-electron chi connectivity index (χ1n) is 4.30. The lowest BCUT2D eigenvalue weighted by molar-refractivity contribution is 0.172. The zero-order chi connectivity index (χ0) is 8.27. The predicted octanol–water partition coefficient (Wildman–Crippen LogP) is 1.23. The van der Waals surface area contributed by atoms with Crippen LogP contribution in [0.3, 0.4) is 0 Å². The molecular weight excluding hydrogens is 140 g/mol. The summed E-state index contributed by atoms with van der Waals surface area (Å²) in [6.07, 6.45) is 4.71. The molecule has 0 aliphatic heterocycles. The number of rotatable bonds is 2. The molecule has 0 aromatic heterocycles. The van der Waals surface area contributed by atoms with Crippen LogP contribution in [0.1, 0.15) is 32.6 Å². The van der Waals surface area contributed by atoms with Crippen molar-refractivity contribution in [2.24, 2.45) is 0 Å². The first-order chi connectivity index (χ1) is 5.24. The summed E-state index contributed by atoms with van der Waals surface area (Å²) in [6.45, 7) is 1.95. The summed E-state index contributed by atoms with van der Waals surface area (Å²) in [4.78, 5) is 0. The van der Waals surface area contributed by atoms with Crippen LogP contribution in [-0.4, -0.2) is 22.4 Å². The first kappa shape index (κ1) is 8.75. The van der Waals surface area contributed by atoms with Gasteiger partial charge in [0, 0.05) is 0 Å². The van der Waals surface area contributed by atoms with Crippen LogP contribution in [-0.2, 0) is 0 Å². The molecule has 0 saturated heterocycles. The van der Waals surface area contributed by atoms with Crippen molar-refractivity contribution < 1.29 is 10.2 Å². The average Bonchev–Trinajstić information content (AvgIpc) is 2.03. The van der Waals surface area contributed by atoms with Crippen molar-refractivity contribution in [2.75, 3.05) is 0 Å². The molecule has 1 rings (SSSR count). The number of hydrogen-bond donors (Lipinski definition) is 2. The van der Waals surface area contributed by atoms with Gasteiger partial charge in [-0.3, -0.25) is 0 Å². The van der Waals surface area contributed by atoms with E-state index < -0.39 is 0 Å². The van der Waals surface area contributed by atoms with Crippen LogP contribution in [0, 0.1) is 0 Å². The quantitative estimate of drug-likeness (QED) is 0.590. The van der Waals surface area contributed by atoms with Crippen LogP contribution in [0.15, 0.2) is 11.6 Å². The second-order valence-electron chi connectivity index (χ2n) is 3.13. The molecule has 0 fully saturated rings. The fourth-order valence-electron chi connectivity index (χ4n) is 1.47. The Hall–Kier alpha value is -0.340. The van der Waals surface area contributed by atoms with Gasteiger partial charge in [-0.1, -0.05) is 13.0 Å². The van der Waals surface area contributed by atoms with Crippen LogP contribution in [0.4, 0.5) is 0 Å². The molecule has 0 saturated carbocycles. The lowest BCUT2D eigenvalue weighted by Gasteiger charge is -2.20. The fourth-order valence-corrected chi connectivity index (χ4v) is 1.47. The highest BCUT2D eigenvalue weighted by molar-refractivity contribution is 5.12. The van der Waals surface area contributed by atoms with Crippen molar-refractivity contribution in [1.82, 2.24) is 0 Å². The van der Waals surface area contributed by atoms with E-state index in [0.717, 1.165) is 31.3 Å². The molecule has 1 aliphatic rings. The maximum atomic E-state index is 9.42. The summed E-state index contributed by atoms with van der Waals surface area (Å²) in [7, 11) is 0. The molecule has 64 valence electrons. The van der Waals surface area contributed by atoms with E-state index in [1.165, 1.54) is 0 Å². The number of hydrogen-bond acceptors (Lipinski definition) is 2. The fraction of sp³-hybridized carbons (Fsp3) is 0.778. The highest BCUT2D eigenvalue weighted by atomic mass is 16.3. The molecule has 0 amide bonds. The molecular formula is C9H16O2. The van der Waals surface area contributed by atoms with Crippen molar-refractivity contribution in [3.8, 4) is 0 Å². The van der Waals surface area contributed by atoms with Gasteiger partial charge >= 0.3 is 0 Å². The summed E-state index contributed by atoms with van der Waals surface area (Å²) < 4.78 is 0. The smallest absolute Gasteiger partial charge is 0.0748 e. The van der Waals surface area contributed by atoms with Crippen LogP contribution in [0.5, 0.6) is 0 Å². The van der Waals surface area contributed by atoms with E-state index in [1.54, 1.807) is 6.08 Å². The van der Waals surface area contributed by atoms with Gasteiger partial charge in [0.05, 0.1) is 12.2 Å². The Morgan fingerprint density at radius 1 is 1.73 bits per heavy atom. The van der Waals surface area contributed by atoms with Gasteiger partial charge in [-0.2, -0.15) is 0 Å². The van der Waals surface area contributed by atoms with E-state index in [1.807, 2.05) is 6.92 Å². The summed E-state index contributed by atoms with van der Waals surface area (Å²) >= 11 is 0. The highest BCUT2D eigenvalue weighted by Crippen LogP contribution is 2.21. The Balaban J connectivity index is 2.55. The highest BCUT2D eigenvalue weighted by Gasteiger charge is 2.15. The third-order valence-electron chi connectivity index (χ3n) is 2.19. The Bertz CT molecular complexity index is 152. The van der Waals surface area contributed by atoms with E-state index in [0.29, 0.717) is 0 Å². The van der Waals surface area contributed by atoms with Gasteiger partial charge in [0.1, 0.15) is 0 Å². The molecule has 2 unspecified atom stereocenters. The van der Waals surface area contributed by atoms with Gasteiger partial charge in [0.25, 0.3) is 0 Å². The Morgan fingerprint density at radius 3 is 3.00 bits per heavy atom. The zero-order valence-corrected chi connectivity index (χ0v) is 6.95. The SMILES string of the molecule is CCC(O)C1=CC(O)CCC1. The second kappa shape index (κ2) is 3.88. The van der Waals surface area contributed by atoms with Crippen LogP contribution in [0.25, 0.3) is 0 Å². The first-order valence-corrected chi connectivity index (χ1v) is 4.30. The van der Waals surface area contributed by atoms with E-state index >= 15 is 0 Å². The number of aliphatic hydroxyl groups is 2. The molecule has 1 aliphatic carbocycles. The zero-order valence-electron chi connectivity index (χ0n) is 6.95. The molecule has 2 N–H and O–H groups in total. The van der Waals surface area contributed by atoms with Crippen LogP contribution >= 0.6 is 0 Å². The molecule has 0 aromatic rings. The number of aliphatic hydroxyl groups excluding tert-OH is 2. The molecule has 11 heavy (non-hydrogen) atoms. The molecule has 2 heteroatoms. The Morgan fingerprint density at radius 2 is 2.45 bits per heavy atom. The molecule has 2 atom stereocenters. The minimum absolute atomic E-state index is 0.319. The summed E-state index contributed by atoms with van der Waals surface area (Å²) in [5.74, 6) is 0. The van der Waals surface area contributed by atoms with Crippen molar-refractivity contribution in [1.29, 1.82) is 0 Å². The maximum Gasteiger partial charge on any atom is 0.0748 e.